The lowest BCUT2D eigenvalue weighted by atomic mass is 9.74. The van der Waals surface area contributed by atoms with Gasteiger partial charge in [-0.15, -0.1) is 0 Å². The lowest BCUT2D eigenvalue weighted by Crippen LogP contribution is -2.54. The van der Waals surface area contributed by atoms with Crippen LogP contribution in [0.15, 0.2) is 18.2 Å². The number of nitrogens with one attached hydrogen (secondary N) is 1. The molecular formula is C15H19FN2O2. The number of benzene rings is 1. The van der Waals surface area contributed by atoms with Gasteiger partial charge in [0.25, 0.3) is 0 Å². The maximum absolute atomic E-state index is 13.7. The molecule has 20 heavy (non-hydrogen) atoms. The van der Waals surface area contributed by atoms with E-state index in [1.165, 1.54) is 18.2 Å². The van der Waals surface area contributed by atoms with Crippen LogP contribution in [0, 0.1) is 22.6 Å². The lowest BCUT2D eigenvalue weighted by Gasteiger charge is -2.39. The molecule has 0 heterocycles. The van der Waals surface area contributed by atoms with E-state index < -0.39 is 22.7 Å². The van der Waals surface area contributed by atoms with E-state index in [1.54, 1.807) is 27.7 Å². The standard InChI is InChI=1S/C15H19FN2O2/c1-14(2,13(19)20)15(3,4)18-9-11-7-10(8-17)5-6-12(11)16/h5-7,18H,9H2,1-4H3,(H,19,20). The molecule has 2 N–H and O–H groups in total. The smallest absolute Gasteiger partial charge is 0.310 e. The van der Waals surface area contributed by atoms with Crippen LogP contribution >= 0.6 is 0 Å². The molecule has 0 amide bonds. The second kappa shape index (κ2) is 5.59. The van der Waals surface area contributed by atoms with Crippen molar-refractivity contribution < 1.29 is 14.3 Å². The Balaban J connectivity index is 2.92. The minimum Gasteiger partial charge on any atom is -0.481 e. The molecule has 5 heteroatoms. The van der Waals surface area contributed by atoms with Gasteiger partial charge in [-0.1, -0.05) is 0 Å². The van der Waals surface area contributed by atoms with E-state index in [2.05, 4.69) is 5.32 Å². The summed E-state index contributed by atoms with van der Waals surface area (Å²) in [6, 6.07) is 6.06. The first kappa shape index (κ1) is 16.1. The fourth-order valence-electron chi connectivity index (χ4n) is 1.58. The molecule has 108 valence electrons. The van der Waals surface area contributed by atoms with Gasteiger partial charge in [0, 0.05) is 17.6 Å². The zero-order valence-electron chi connectivity index (χ0n) is 12.1. The van der Waals surface area contributed by atoms with Crippen molar-refractivity contribution in [2.24, 2.45) is 5.41 Å². The summed E-state index contributed by atoms with van der Waals surface area (Å²) in [5.41, 5.74) is -1.04. The summed E-state index contributed by atoms with van der Waals surface area (Å²) in [5.74, 6) is -1.35. The third-order valence-electron chi connectivity index (χ3n) is 3.99. The summed E-state index contributed by atoms with van der Waals surface area (Å²) in [6.45, 7) is 6.90. The average Bonchev–Trinajstić information content (AvgIpc) is 2.37. The third-order valence-corrected chi connectivity index (χ3v) is 3.99. The average molecular weight is 278 g/mol. The maximum Gasteiger partial charge on any atom is 0.310 e. The Bertz CT molecular complexity index is 559. The van der Waals surface area contributed by atoms with Gasteiger partial charge >= 0.3 is 5.97 Å². The zero-order valence-corrected chi connectivity index (χ0v) is 12.1. The second-order valence-electron chi connectivity index (χ2n) is 5.83. The van der Waals surface area contributed by atoms with Crippen LogP contribution in [-0.2, 0) is 11.3 Å². The normalized spacial score (nSPS) is 12.0. The van der Waals surface area contributed by atoms with Crippen LogP contribution in [0.25, 0.3) is 0 Å². The molecule has 0 unspecified atom stereocenters. The Hall–Kier alpha value is -1.93. The van der Waals surface area contributed by atoms with Gasteiger partial charge < -0.3 is 10.4 Å². The minimum absolute atomic E-state index is 0.158. The molecule has 0 spiro atoms. The summed E-state index contributed by atoms with van der Waals surface area (Å²) in [6.07, 6.45) is 0. The molecule has 0 aliphatic carbocycles. The first-order chi connectivity index (χ1) is 9.11. The molecule has 0 aromatic heterocycles. The third kappa shape index (κ3) is 3.14. The predicted octanol–water partition coefficient (Wildman–Crippen LogP) is 2.68. The van der Waals surface area contributed by atoms with Crippen LogP contribution in [0.2, 0.25) is 0 Å². The van der Waals surface area contributed by atoms with Crippen molar-refractivity contribution in [2.45, 2.75) is 39.8 Å². The fraction of sp³-hybridized carbons (Fsp3) is 0.467. The van der Waals surface area contributed by atoms with Crippen LogP contribution in [0.4, 0.5) is 4.39 Å². The Kier molecular flexibility index (Phi) is 4.51. The number of carboxylic acid groups (broad SMARTS) is 1. The molecule has 0 fully saturated rings. The Labute approximate surface area is 118 Å². The Morgan fingerprint density at radius 3 is 2.50 bits per heavy atom. The molecule has 0 aliphatic rings. The first-order valence-electron chi connectivity index (χ1n) is 6.29. The highest BCUT2D eigenvalue weighted by Gasteiger charge is 2.43. The van der Waals surface area contributed by atoms with Gasteiger partial charge in [-0.05, 0) is 45.9 Å². The summed E-state index contributed by atoms with van der Waals surface area (Å²) in [5, 5.41) is 21.1. The molecule has 0 atom stereocenters. The van der Waals surface area contributed by atoms with Crippen molar-refractivity contribution in [1.82, 2.24) is 5.32 Å². The van der Waals surface area contributed by atoms with Crippen molar-refractivity contribution in [3.05, 3.63) is 35.1 Å². The molecule has 0 radical (unpaired) electrons. The van der Waals surface area contributed by atoms with E-state index in [0.717, 1.165) is 0 Å². The van der Waals surface area contributed by atoms with E-state index in [0.29, 0.717) is 11.1 Å². The van der Waals surface area contributed by atoms with E-state index >= 15 is 0 Å². The highest BCUT2D eigenvalue weighted by molar-refractivity contribution is 5.75. The first-order valence-corrected chi connectivity index (χ1v) is 6.29. The highest BCUT2D eigenvalue weighted by Crippen LogP contribution is 2.31. The van der Waals surface area contributed by atoms with Crippen molar-refractivity contribution in [3.63, 3.8) is 0 Å². The van der Waals surface area contributed by atoms with Gasteiger partial charge in [0.2, 0.25) is 0 Å². The summed E-state index contributed by atoms with van der Waals surface area (Å²) in [7, 11) is 0. The monoisotopic (exact) mass is 278 g/mol. The van der Waals surface area contributed by atoms with Crippen molar-refractivity contribution in [3.8, 4) is 6.07 Å². The molecule has 0 saturated heterocycles. The summed E-state index contributed by atoms with van der Waals surface area (Å²) >= 11 is 0. The van der Waals surface area contributed by atoms with Gasteiger partial charge in [-0.2, -0.15) is 5.26 Å². The number of nitriles is 1. The van der Waals surface area contributed by atoms with Crippen molar-refractivity contribution in [2.75, 3.05) is 0 Å². The van der Waals surface area contributed by atoms with Gasteiger partial charge in [-0.25, -0.2) is 4.39 Å². The summed E-state index contributed by atoms with van der Waals surface area (Å²) in [4.78, 5) is 11.3. The van der Waals surface area contributed by atoms with Crippen molar-refractivity contribution in [1.29, 1.82) is 5.26 Å². The number of nitrogens with zero attached hydrogens (tertiary/aromatic N) is 1. The SMILES string of the molecule is CC(C)(NCc1cc(C#N)ccc1F)C(C)(C)C(=O)O. The number of hydrogen-bond donors (Lipinski definition) is 2. The number of rotatable bonds is 5. The molecular weight excluding hydrogens is 259 g/mol. The van der Waals surface area contributed by atoms with E-state index in [9.17, 15) is 14.3 Å². The van der Waals surface area contributed by atoms with Crippen molar-refractivity contribution >= 4 is 5.97 Å². The quantitative estimate of drug-likeness (QED) is 0.868. The van der Waals surface area contributed by atoms with Crippen LogP contribution in [0.3, 0.4) is 0 Å². The van der Waals surface area contributed by atoms with E-state index in [4.69, 9.17) is 5.26 Å². The summed E-state index contributed by atoms with van der Waals surface area (Å²) < 4.78 is 13.7. The van der Waals surface area contributed by atoms with Crippen LogP contribution in [0.5, 0.6) is 0 Å². The molecule has 1 aromatic rings. The number of carbonyl (C=O) groups is 1. The fourth-order valence-corrected chi connectivity index (χ4v) is 1.58. The maximum atomic E-state index is 13.7. The topological polar surface area (TPSA) is 73.1 Å². The van der Waals surface area contributed by atoms with Crippen LogP contribution in [0.1, 0.15) is 38.8 Å². The Morgan fingerprint density at radius 2 is 2.00 bits per heavy atom. The molecule has 0 saturated carbocycles. The molecule has 1 aromatic carbocycles. The molecule has 0 bridgehead atoms. The number of hydrogen-bond acceptors (Lipinski definition) is 3. The van der Waals surface area contributed by atoms with Gasteiger partial charge in [0.05, 0.1) is 17.0 Å². The second-order valence-corrected chi connectivity index (χ2v) is 5.83. The highest BCUT2D eigenvalue weighted by atomic mass is 19.1. The molecule has 4 nitrogen and oxygen atoms in total. The largest absolute Gasteiger partial charge is 0.481 e. The predicted molar refractivity (Wildman–Crippen MR) is 73.5 cm³/mol. The molecule has 0 aliphatic heterocycles. The number of aliphatic carboxylic acids is 1. The zero-order chi connectivity index (χ0) is 15.6. The van der Waals surface area contributed by atoms with E-state index in [1.807, 2.05) is 6.07 Å². The number of halogens is 1. The van der Waals surface area contributed by atoms with Crippen LogP contribution in [-0.4, -0.2) is 16.6 Å². The van der Waals surface area contributed by atoms with Gasteiger partial charge in [0.15, 0.2) is 0 Å². The Morgan fingerprint density at radius 1 is 1.40 bits per heavy atom. The minimum atomic E-state index is -1.02. The lowest BCUT2D eigenvalue weighted by molar-refractivity contribution is -0.151. The molecule has 1 rings (SSSR count). The number of carboxylic acids is 1. The van der Waals surface area contributed by atoms with Gasteiger partial charge in [0.1, 0.15) is 5.82 Å². The van der Waals surface area contributed by atoms with Crippen LogP contribution < -0.4 is 5.32 Å². The van der Waals surface area contributed by atoms with E-state index in [-0.39, 0.29) is 6.54 Å². The van der Waals surface area contributed by atoms with Gasteiger partial charge in [-0.3, -0.25) is 4.79 Å².